The van der Waals surface area contributed by atoms with E-state index in [0.29, 0.717) is 32.5 Å². The van der Waals surface area contributed by atoms with Crippen LogP contribution in [-0.2, 0) is 22.4 Å². The second-order valence-electron chi connectivity index (χ2n) is 7.89. The van der Waals surface area contributed by atoms with Crippen LogP contribution in [0.5, 0.6) is 11.5 Å². The van der Waals surface area contributed by atoms with Gasteiger partial charge in [0.15, 0.2) is 11.9 Å². The molecule has 0 fully saturated rings. The van der Waals surface area contributed by atoms with Gasteiger partial charge in [0.05, 0.1) is 13.2 Å². The summed E-state index contributed by atoms with van der Waals surface area (Å²) >= 11 is 0. The molecule has 6 heteroatoms. The number of aliphatic carboxylic acids is 1. The van der Waals surface area contributed by atoms with E-state index in [1.807, 2.05) is 78.9 Å². The first kappa shape index (κ1) is 25.0. The van der Waals surface area contributed by atoms with Crippen molar-refractivity contribution in [1.82, 2.24) is 0 Å². The molecule has 34 heavy (non-hydrogen) atoms. The molecule has 0 aromatic heterocycles. The number of hydrogen-bond donors (Lipinski definition) is 1. The van der Waals surface area contributed by atoms with Crippen molar-refractivity contribution in [1.29, 1.82) is 0 Å². The first-order valence-electron chi connectivity index (χ1n) is 11.3. The summed E-state index contributed by atoms with van der Waals surface area (Å²) in [5.41, 5.74) is 2.72. The van der Waals surface area contributed by atoms with Gasteiger partial charge in [-0.1, -0.05) is 54.6 Å². The Balaban J connectivity index is 1.33. The van der Waals surface area contributed by atoms with E-state index in [1.165, 1.54) is 7.11 Å². The van der Waals surface area contributed by atoms with Crippen molar-refractivity contribution in [2.75, 3.05) is 20.3 Å². The molecule has 1 N–H and O–H groups in total. The molecule has 0 aliphatic rings. The van der Waals surface area contributed by atoms with Gasteiger partial charge < -0.3 is 19.3 Å². The maximum Gasteiger partial charge on any atom is 0.333 e. The minimum atomic E-state index is -0.976. The lowest BCUT2D eigenvalue weighted by Gasteiger charge is -2.11. The fourth-order valence-electron chi connectivity index (χ4n) is 3.42. The molecule has 0 amide bonds. The largest absolute Gasteiger partial charge is 0.493 e. The predicted molar refractivity (Wildman–Crippen MR) is 130 cm³/mol. The van der Waals surface area contributed by atoms with Gasteiger partial charge in [0, 0.05) is 31.9 Å². The summed E-state index contributed by atoms with van der Waals surface area (Å²) < 4.78 is 16.5. The number of benzene rings is 3. The quantitative estimate of drug-likeness (QED) is 0.268. The Morgan fingerprint density at radius 1 is 0.794 bits per heavy atom. The summed E-state index contributed by atoms with van der Waals surface area (Å²) in [7, 11) is 1.39. The lowest BCUT2D eigenvalue weighted by molar-refractivity contribution is -0.148. The molecule has 1 atom stereocenters. The van der Waals surface area contributed by atoms with Gasteiger partial charge in [0.25, 0.3) is 0 Å². The Morgan fingerprint density at radius 2 is 1.35 bits per heavy atom. The Bertz CT molecular complexity index is 1030. The topological polar surface area (TPSA) is 82.1 Å². The fraction of sp³-hybridized carbons (Fsp3) is 0.286. The number of carboxylic acid groups (broad SMARTS) is 1. The van der Waals surface area contributed by atoms with Crippen LogP contribution in [0, 0.1) is 0 Å². The van der Waals surface area contributed by atoms with Gasteiger partial charge in [0.1, 0.15) is 11.5 Å². The van der Waals surface area contributed by atoms with Gasteiger partial charge in [-0.05, 0) is 41.8 Å². The number of carbonyl (C=O) groups is 2. The number of Topliss-reactive ketones (excluding diaryl/α,β-unsaturated/α-hetero) is 1. The second kappa shape index (κ2) is 13.2. The van der Waals surface area contributed by atoms with Crippen molar-refractivity contribution in [2.45, 2.75) is 31.8 Å². The van der Waals surface area contributed by atoms with Gasteiger partial charge in [-0.2, -0.15) is 0 Å². The molecule has 0 saturated heterocycles. The lowest BCUT2D eigenvalue weighted by Crippen LogP contribution is -2.24. The Hall–Kier alpha value is -3.64. The van der Waals surface area contributed by atoms with Gasteiger partial charge >= 0.3 is 5.97 Å². The molecule has 0 aliphatic carbocycles. The summed E-state index contributed by atoms with van der Waals surface area (Å²) in [6.45, 7) is 1.03. The van der Waals surface area contributed by atoms with Gasteiger partial charge in [0.2, 0.25) is 0 Å². The zero-order chi connectivity index (χ0) is 24.2. The lowest BCUT2D eigenvalue weighted by atomic mass is 10.0. The molecule has 0 saturated carbocycles. The minimum absolute atomic E-state index is 0.148. The second-order valence-corrected chi connectivity index (χ2v) is 7.89. The van der Waals surface area contributed by atoms with Crippen LogP contribution < -0.4 is 9.47 Å². The number of hydrogen-bond acceptors (Lipinski definition) is 5. The van der Waals surface area contributed by atoms with Gasteiger partial charge in [-0.25, -0.2) is 4.79 Å². The first-order valence-corrected chi connectivity index (χ1v) is 11.3. The normalized spacial score (nSPS) is 11.6. The molecule has 0 radical (unpaired) electrons. The van der Waals surface area contributed by atoms with Crippen LogP contribution in [0.2, 0.25) is 0 Å². The van der Waals surface area contributed by atoms with Crippen molar-refractivity contribution in [2.24, 2.45) is 0 Å². The summed E-state index contributed by atoms with van der Waals surface area (Å²) in [4.78, 5) is 23.3. The molecule has 0 heterocycles. The zero-order valence-corrected chi connectivity index (χ0v) is 19.3. The Morgan fingerprint density at radius 3 is 1.88 bits per heavy atom. The van der Waals surface area contributed by atoms with E-state index >= 15 is 0 Å². The number of methoxy groups -OCH3 is 1. The van der Waals surface area contributed by atoms with Gasteiger partial charge in [-0.3, -0.25) is 4.79 Å². The molecular formula is C28H30O6. The number of rotatable bonds is 14. The number of carbonyl (C=O) groups excluding carboxylic acids is 1. The van der Waals surface area contributed by atoms with E-state index in [-0.39, 0.29) is 5.78 Å². The van der Waals surface area contributed by atoms with E-state index in [2.05, 4.69) is 0 Å². The van der Waals surface area contributed by atoms with E-state index < -0.39 is 12.1 Å². The number of carboxylic acids is 1. The molecule has 3 aromatic rings. The third-order valence-electron chi connectivity index (χ3n) is 5.39. The van der Waals surface area contributed by atoms with E-state index in [0.717, 1.165) is 34.6 Å². The Labute approximate surface area is 200 Å². The highest BCUT2D eigenvalue weighted by molar-refractivity contribution is 5.96. The van der Waals surface area contributed by atoms with E-state index in [4.69, 9.17) is 19.3 Å². The monoisotopic (exact) mass is 462 g/mol. The first-order chi connectivity index (χ1) is 16.5. The average Bonchev–Trinajstić information content (AvgIpc) is 2.87. The third kappa shape index (κ3) is 8.05. The van der Waals surface area contributed by atoms with Crippen molar-refractivity contribution in [3.8, 4) is 11.5 Å². The number of ketones is 1. The van der Waals surface area contributed by atoms with E-state index in [9.17, 15) is 9.59 Å². The maximum absolute atomic E-state index is 12.2. The smallest absolute Gasteiger partial charge is 0.333 e. The van der Waals surface area contributed by atoms with Crippen molar-refractivity contribution in [3.63, 3.8) is 0 Å². The van der Waals surface area contributed by atoms with Crippen LogP contribution in [0.15, 0.2) is 78.9 Å². The van der Waals surface area contributed by atoms with Crippen molar-refractivity contribution >= 4 is 11.8 Å². The number of ether oxygens (including phenoxy) is 3. The van der Waals surface area contributed by atoms with Crippen LogP contribution >= 0.6 is 0 Å². The molecule has 0 bridgehead atoms. The summed E-state index contributed by atoms with van der Waals surface area (Å²) in [6, 6.07) is 24.5. The standard InChI is InChI=1S/C28H30O6/c1-32-27(28(30)31)20-22-10-15-25(16-11-22)34-19-5-18-33-24-13-8-21(9-14-24)12-17-26(29)23-6-3-2-4-7-23/h2-4,6-11,13-16,27H,5,12,17-20H2,1H3,(H,30,31). The zero-order valence-electron chi connectivity index (χ0n) is 19.3. The summed E-state index contributed by atoms with van der Waals surface area (Å²) in [5.74, 6) is 0.682. The van der Waals surface area contributed by atoms with Crippen LogP contribution in [0.1, 0.15) is 34.3 Å². The van der Waals surface area contributed by atoms with E-state index in [1.54, 1.807) is 0 Å². The molecular weight excluding hydrogens is 432 g/mol. The molecule has 1 unspecified atom stereocenters. The molecule has 3 aromatic carbocycles. The van der Waals surface area contributed by atoms with Crippen LogP contribution in [0.25, 0.3) is 0 Å². The SMILES string of the molecule is COC(Cc1ccc(OCCCOc2ccc(CCC(=O)c3ccccc3)cc2)cc1)C(=O)O. The highest BCUT2D eigenvalue weighted by Crippen LogP contribution is 2.16. The minimum Gasteiger partial charge on any atom is -0.493 e. The Kier molecular flexibility index (Phi) is 9.67. The maximum atomic E-state index is 12.2. The number of aryl methyl sites for hydroxylation is 1. The van der Waals surface area contributed by atoms with Crippen LogP contribution in [0.4, 0.5) is 0 Å². The highest BCUT2D eigenvalue weighted by Gasteiger charge is 2.16. The molecule has 0 aliphatic heterocycles. The van der Waals surface area contributed by atoms with Gasteiger partial charge in [-0.15, -0.1) is 0 Å². The molecule has 0 spiro atoms. The highest BCUT2D eigenvalue weighted by atomic mass is 16.5. The van der Waals surface area contributed by atoms with Crippen LogP contribution in [0.3, 0.4) is 0 Å². The summed E-state index contributed by atoms with van der Waals surface area (Å²) in [6.07, 6.45) is 1.36. The third-order valence-corrected chi connectivity index (χ3v) is 5.39. The van der Waals surface area contributed by atoms with Crippen molar-refractivity contribution < 1.29 is 28.9 Å². The molecule has 3 rings (SSSR count). The predicted octanol–water partition coefficient (Wildman–Crippen LogP) is 4.99. The van der Waals surface area contributed by atoms with Crippen molar-refractivity contribution in [3.05, 3.63) is 95.6 Å². The molecule has 178 valence electrons. The molecule has 6 nitrogen and oxygen atoms in total. The summed E-state index contributed by atoms with van der Waals surface area (Å²) in [5, 5.41) is 9.06. The average molecular weight is 463 g/mol. The van der Waals surface area contributed by atoms with Crippen LogP contribution in [-0.4, -0.2) is 43.3 Å². The fourth-order valence-corrected chi connectivity index (χ4v) is 3.42.